The van der Waals surface area contributed by atoms with Crippen LogP contribution in [0.3, 0.4) is 0 Å². The van der Waals surface area contributed by atoms with E-state index in [2.05, 4.69) is 6.92 Å². The van der Waals surface area contributed by atoms with E-state index in [1.807, 2.05) is 0 Å². The topological polar surface area (TPSA) is 26.3 Å². The van der Waals surface area contributed by atoms with Crippen molar-refractivity contribution in [3.8, 4) is 0 Å². The third-order valence-electron chi connectivity index (χ3n) is 6.83. The Kier molecular flexibility index (Phi) is 7.72. The fraction of sp³-hybridized carbons (Fsp3) is 0.708. The molecule has 0 saturated heterocycles. The summed E-state index contributed by atoms with van der Waals surface area (Å²) >= 11 is 0. The van der Waals surface area contributed by atoms with Crippen molar-refractivity contribution in [3.63, 3.8) is 0 Å². The van der Waals surface area contributed by atoms with Gasteiger partial charge in [0.25, 0.3) is 0 Å². The molecular weight excluding hydrogens is 339 g/mol. The van der Waals surface area contributed by atoms with Gasteiger partial charge in [0.1, 0.15) is 11.9 Å². The molecule has 27 heavy (non-hydrogen) atoms. The molecule has 0 N–H and O–H groups in total. The predicted molar refractivity (Wildman–Crippen MR) is 107 cm³/mol. The normalized spacial score (nSPS) is 28.7. The molecule has 2 aliphatic carbocycles. The SMILES string of the molecule is CCCCC[C@H]1CC[C@H](C2CCC(OC(=O)c3cccc(F)c3)CC2)CC1. The van der Waals surface area contributed by atoms with Gasteiger partial charge < -0.3 is 4.74 Å². The van der Waals surface area contributed by atoms with Gasteiger partial charge in [-0.25, -0.2) is 9.18 Å². The van der Waals surface area contributed by atoms with E-state index >= 15 is 0 Å². The van der Waals surface area contributed by atoms with E-state index in [9.17, 15) is 9.18 Å². The number of unbranched alkanes of at least 4 members (excludes halogenated alkanes) is 2. The zero-order valence-electron chi connectivity index (χ0n) is 16.8. The minimum atomic E-state index is -0.390. The Labute approximate surface area is 163 Å². The number of hydrogen-bond acceptors (Lipinski definition) is 2. The maximum Gasteiger partial charge on any atom is 0.338 e. The van der Waals surface area contributed by atoms with Crippen LogP contribution in [-0.2, 0) is 4.74 Å². The Morgan fingerprint density at radius 3 is 2.30 bits per heavy atom. The van der Waals surface area contributed by atoms with Gasteiger partial charge in [0, 0.05) is 0 Å². The van der Waals surface area contributed by atoms with Crippen LogP contribution in [0.25, 0.3) is 0 Å². The molecule has 150 valence electrons. The lowest BCUT2D eigenvalue weighted by Gasteiger charge is -2.37. The molecule has 2 saturated carbocycles. The van der Waals surface area contributed by atoms with E-state index in [1.165, 1.54) is 76.3 Å². The molecule has 2 fully saturated rings. The van der Waals surface area contributed by atoms with Crippen LogP contribution in [0.2, 0.25) is 0 Å². The third kappa shape index (κ3) is 6.05. The fourth-order valence-corrected chi connectivity index (χ4v) is 5.14. The lowest BCUT2D eigenvalue weighted by atomic mass is 9.70. The average Bonchev–Trinajstić information content (AvgIpc) is 2.69. The molecule has 2 aliphatic rings. The van der Waals surface area contributed by atoms with Crippen molar-refractivity contribution in [2.24, 2.45) is 17.8 Å². The van der Waals surface area contributed by atoms with Crippen LogP contribution < -0.4 is 0 Å². The second-order valence-corrected chi connectivity index (χ2v) is 8.73. The monoisotopic (exact) mass is 374 g/mol. The van der Waals surface area contributed by atoms with Crippen molar-refractivity contribution in [1.29, 1.82) is 0 Å². The number of carbonyl (C=O) groups excluding carboxylic acids is 1. The molecule has 2 nitrogen and oxygen atoms in total. The summed E-state index contributed by atoms with van der Waals surface area (Å²) in [4.78, 5) is 12.2. The molecule has 1 aromatic rings. The largest absolute Gasteiger partial charge is 0.459 e. The highest BCUT2D eigenvalue weighted by molar-refractivity contribution is 5.89. The summed E-state index contributed by atoms with van der Waals surface area (Å²) in [5.74, 6) is 1.89. The lowest BCUT2D eigenvalue weighted by Crippen LogP contribution is -2.29. The first-order valence-corrected chi connectivity index (χ1v) is 11.1. The van der Waals surface area contributed by atoms with Crippen LogP contribution in [0.5, 0.6) is 0 Å². The summed E-state index contributed by atoms with van der Waals surface area (Å²) in [6.45, 7) is 2.28. The van der Waals surface area contributed by atoms with Crippen LogP contribution in [0.1, 0.15) is 94.3 Å². The fourth-order valence-electron chi connectivity index (χ4n) is 5.14. The van der Waals surface area contributed by atoms with E-state index in [0.29, 0.717) is 5.56 Å². The maximum absolute atomic E-state index is 13.3. The van der Waals surface area contributed by atoms with Crippen molar-refractivity contribution in [3.05, 3.63) is 35.6 Å². The van der Waals surface area contributed by atoms with Gasteiger partial charge >= 0.3 is 5.97 Å². The Balaban J connectivity index is 1.37. The highest BCUT2D eigenvalue weighted by atomic mass is 19.1. The van der Waals surface area contributed by atoms with Crippen LogP contribution in [0.15, 0.2) is 24.3 Å². The second kappa shape index (κ2) is 10.2. The van der Waals surface area contributed by atoms with E-state index in [4.69, 9.17) is 4.74 Å². The van der Waals surface area contributed by atoms with Gasteiger partial charge in [-0.2, -0.15) is 0 Å². The van der Waals surface area contributed by atoms with Crippen molar-refractivity contribution in [1.82, 2.24) is 0 Å². The molecule has 0 amide bonds. The molecule has 0 spiro atoms. The molecule has 0 aromatic heterocycles. The van der Waals surface area contributed by atoms with E-state index < -0.39 is 5.82 Å². The number of esters is 1. The maximum atomic E-state index is 13.3. The number of rotatable bonds is 7. The van der Waals surface area contributed by atoms with Crippen LogP contribution in [-0.4, -0.2) is 12.1 Å². The summed E-state index contributed by atoms with van der Waals surface area (Å²) in [6.07, 6.45) is 15.5. The third-order valence-corrected chi connectivity index (χ3v) is 6.83. The van der Waals surface area contributed by atoms with Crippen LogP contribution in [0, 0.1) is 23.6 Å². The van der Waals surface area contributed by atoms with E-state index in [0.717, 1.165) is 30.6 Å². The summed E-state index contributed by atoms with van der Waals surface area (Å²) in [5, 5.41) is 0. The van der Waals surface area contributed by atoms with Crippen molar-refractivity contribution < 1.29 is 13.9 Å². The highest BCUT2D eigenvalue weighted by Crippen LogP contribution is 2.41. The van der Waals surface area contributed by atoms with Gasteiger partial charge in [-0.1, -0.05) is 51.5 Å². The van der Waals surface area contributed by atoms with Gasteiger partial charge in [0.2, 0.25) is 0 Å². The Morgan fingerprint density at radius 2 is 1.67 bits per heavy atom. The summed E-state index contributed by atoms with van der Waals surface area (Å²) < 4.78 is 18.9. The van der Waals surface area contributed by atoms with Gasteiger partial charge in [-0.3, -0.25) is 0 Å². The second-order valence-electron chi connectivity index (χ2n) is 8.73. The predicted octanol–water partition coefficient (Wildman–Crippen LogP) is 6.93. The van der Waals surface area contributed by atoms with Crippen LogP contribution >= 0.6 is 0 Å². The molecule has 1 aromatic carbocycles. The lowest BCUT2D eigenvalue weighted by molar-refractivity contribution is 0.0109. The standard InChI is InChI=1S/C24H35FO2/c1-2-3-4-6-18-9-11-19(12-10-18)20-13-15-23(16-14-20)27-24(26)21-7-5-8-22(25)17-21/h5,7-8,17-20,23H,2-4,6,9-16H2,1H3/t18-,19-,20?,23?. The first-order valence-electron chi connectivity index (χ1n) is 11.1. The Hall–Kier alpha value is -1.38. The first-order chi connectivity index (χ1) is 13.2. The molecular formula is C24H35FO2. The minimum Gasteiger partial charge on any atom is -0.459 e. The smallest absolute Gasteiger partial charge is 0.338 e. The zero-order valence-corrected chi connectivity index (χ0v) is 16.8. The molecule has 0 atom stereocenters. The molecule has 0 aliphatic heterocycles. The molecule has 3 rings (SSSR count). The average molecular weight is 375 g/mol. The van der Waals surface area contributed by atoms with Gasteiger partial charge in [0.15, 0.2) is 0 Å². The number of halogens is 1. The highest BCUT2D eigenvalue weighted by Gasteiger charge is 2.32. The summed E-state index contributed by atoms with van der Waals surface area (Å²) in [6, 6.07) is 5.78. The summed E-state index contributed by atoms with van der Waals surface area (Å²) in [7, 11) is 0. The first kappa shape index (κ1) is 20.4. The van der Waals surface area contributed by atoms with Crippen molar-refractivity contribution >= 4 is 5.97 Å². The minimum absolute atomic E-state index is 0.00222. The molecule has 0 radical (unpaired) electrons. The molecule has 0 heterocycles. The Bertz CT molecular complexity index is 584. The quantitative estimate of drug-likeness (QED) is 0.382. The number of benzene rings is 1. The van der Waals surface area contributed by atoms with Crippen molar-refractivity contribution in [2.75, 3.05) is 0 Å². The van der Waals surface area contributed by atoms with E-state index in [-0.39, 0.29) is 12.1 Å². The number of hydrogen-bond donors (Lipinski definition) is 0. The molecule has 0 unspecified atom stereocenters. The van der Waals surface area contributed by atoms with Gasteiger partial charge in [-0.15, -0.1) is 0 Å². The van der Waals surface area contributed by atoms with E-state index in [1.54, 1.807) is 12.1 Å². The van der Waals surface area contributed by atoms with Crippen LogP contribution in [0.4, 0.5) is 4.39 Å². The van der Waals surface area contributed by atoms with Gasteiger partial charge in [0.05, 0.1) is 5.56 Å². The molecule has 0 bridgehead atoms. The van der Waals surface area contributed by atoms with Crippen molar-refractivity contribution in [2.45, 2.75) is 90.1 Å². The summed E-state index contributed by atoms with van der Waals surface area (Å²) in [5.41, 5.74) is 0.318. The zero-order chi connectivity index (χ0) is 19.1. The molecule has 3 heteroatoms. The van der Waals surface area contributed by atoms with Gasteiger partial charge in [-0.05, 0) is 74.5 Å². The Morgan fingerprint density at radius 1 is 1.00 bits per heavy atom. The number of carbonyl (C=O) groups is 1. The number of ether oxygens (including phenoxy) is 1.